The smallest absolute Gasteiger partial charge is 0.270 e. The molecule has 0 heterocycles. The van der Waals surface area contributed by atoms with E-state index < -0.39 is 16.1 Å². The lowest BCUT2D eigenvalue weighted by Gasteiger charge is -2.18. The largest absolute Gasteiger partial charge is 0.497 e. The molecule has 1 unspecified atom stereocenters. The van der Waals surface area contributed by atoms with Crippen molar-refractivity contribution in [3.63, 3.8) is 0 Å². The van der Waals surface area contributed by atoms with E-state index in [1.165, 1.54) is 36.0 Å². The van der Waals surface area contributed by atoms with E-state index in [9.17, 15) is 19.7 Å². The minimum absolute atomic E-state index is 0.162. The van der Waals surface area contributed by atoms with Gasteiger partial charge in [0, 0.05) is 34.0 Å². The van der Waals surface area contributed by atoms with Gasteiger partial charge in [0.15, 0.2) is 0 Å². The Morgan fingerprint density at radius 1 is 0.838 bits per heavy atom. The summed E-state index contributed by atoms with van der Waals surface area (Å²) >= 11 is 1.34. The quantitative estimate of drug-likeness (QED) is 0.154. The number of anilines is 2. The fraction of sp³-hybridized carbons (Fsp3) is 0.0714. The van der Waals surface area contributed by atoms with E-state index in [4.69, 9.17) is 4.74 Å². The van der Waals surface area contributed by atoms with E-state index in [1.54, 1.807) is 49.6 Å². The van der Waals surface area contributed by atoms with E-state index in [1.807, 2.05) is 36.4 Å². The maximum atomic E-state index is 13.3. The van der Waals surface area contributed by atoms with Crippen molar-refractivity contribution in [3.8, 4) is 5.75 Å². The van der Waals surface area contributed by atoms with E-state index >= 15 is 0 Å². The monoisotopic (exact) mass is 513 g/mol. The third-order valence-electron chi connectivity index (χ3n) is 5.36. The van der Waals surface area contributed by atoms with Gasteiger partial charge in [-0.25, -0.2) is 0 Å². The molecule has 4 rings (SSSR count). The van der Waals surface area contributed by atoms with Gasteiger partial charge in [0.25, 0.3) is 11.6 Å². The summed E-state index contributed by atoms with van der Waals surface area (Å²) in [4.78, 5) is 37.2. The number of nitrogens with zero attached hydrogens (tertiary/aromatic N) is 1. The van der Waals surface area contributed by atoms with Crippen molar-refractivity contribution in [3.05, 3.63) is 124 Å². The van der Waals surface area contributed by atoms with E-state index in [0.29, 0.717) is 17.1 Å². The second kappa shape index (κ2) is 11.9. The fourth-order valence-electron chi connectivity index (χ4n) is 3.53. The van der Waals surface area contributed by atoms with Crippen LogP contribution in [0.25, 0.3) is 0 Å². The molecule has 2 amide bonds. The van der Waals surface area contributed by atoms with Crippen LogP contribution in [0.1, 0.15) is 21.2 Å². The molecule has 0 aromatic heterocycles. The van der Waals surface area contributed by atoms with Gasteiger partial charge in [-0.3, -0.25) is 19.7 Å². The Morgan fingerprint density at radius 3 is 2.27 bits per heavy atom. The number of benzene rings is 4. The molecule has 2 N–H and O–H groups in total. The molecule has 0 fully saturated rings. The number of hydrogen-bond acceptors (Lipinski definition) is 6. The molecule has 186 valence electrons. The molecule has 0 bridgehead atoms. The van der Waals surface area contributed by atoms with E-state index in [0.717, 1.165) is 10.5 Å². The van der Waals surface area contributed by atoms with Gasteiger partial charge in [-0.2, -0.15) is 0 Å². The molecule has 4 aromatic rings. The number of carbonyl (C=O) groups is 2. The molecule has 0 aliphatic carbocycles. The summed E-state index contributed by atoms with van der Waals surface area (Å²) in [6, 6.07) is 29.1. The average Bonchev–Trinajstić information content (AvgIpc) is 2.93. The molecule has 0 saturated heterocycles. The van der Waals surface area contributed by atoms with Crippen molar-refractivity contribution < 1.29 is 19.2 Å². The van der Waals surface area contributed by atoms with Gasteiger partial charge in [0.1, 0.15) is 11.0 Å². The summed E-state index contributed by atoms with van der Waals surface area (Å²) < 4.78 is 5.18. The third kappa shape index (κ3) is 6.74. The number of nitro groups is 1. The minimum atomic E-state index is -0.564. The first kappa shape index (κ1) is 25.5. The molecule has 37 heavy (non-hydrogen) atoms. The Hall–Kier alpha value is -4.63. The lowest BCUT2D eigenvalue weighted by molar-refractivity contribution is -0.384. The summed E-state index contributed by atoms with van der Waals surface area (Å²) in [7, 11) is 1.58. The molecule has 1 atom stereocenters. The maximum Gasteiger partial charge on any atom is 0.270 e. The normalized spacial score (nSPS) is 11.3. The third-order valence-corrected chi connectivity index (χ3v) is 6.61. The summed E-state index contributed by atoms with van der Waals surface area (Å²) in [6.07, 6.45) is 0. The summed E-state index contributed by atoms with van der Waals surface area (Å²) in [6.45, 7) is 0. The Labute approximate surface area is 217 Å². The number of hydrogen-bond donors (Lipinski definition) is 2. The van der Waals surface area contributed by atoms with Crippen molar-refractivity contribution in [2.24, 2.45) is 0 Å². The number of amides is 2. The second-order valence-corrected chi connectivity index (χ2v) is 9.09. The summed E-state index contributed by atoms with van der Waals surface area (Å²) in [5, 5.41) is 16.2. The Balaban J connectivity index is 1.52. The zero-order valence-corrected chi connectivity index (χ0v) is 20.6. The number of rotatable bonds is 9. The Bertz CT molecular complexity index is 1410. The van der Waals surface area contributed by atoms with Crippen molar-refractivity contribution in [1.82, 2.24) is 0 Å². The summed E-state index contributed by atoms with van der Waals surface area (Å²) in [5.74, 6) is 0.0195. The first-order chi connectivity index (χ1) is 17.9. The molecule has 0 aliphatic heterocycles. The van der Waals surface area contributed by atoms with E-state index in [-0.39, 0.29) is 17.2 Å². The summed E-state index contributed by atoms with van der Waals surface area (Å²) in [5.41, 5.74) is 1.98. The Morgan fingerprint density at radius 2 is 1.57 bits per heavy atom. The maximum absolute atomic E-state index is 13.3. The number of non-ortho nitro benzene ring substituents is 1. The standard InChI is InChI=1S/C28H23N3O5S/c1-36-24-15-13-21(14-16-24)29-28(33)26(19-7-3-2-4-8-19)37-25-12-6-10-22(18-25)30-27(32)20-9-5-11-23(17-20)31(34)35/h2-18,26H,1H3,(H,29,33)(H,30,32). The number of ether oxygens (including phenoxy) is 1. The van der Waals surface area contributed by atoms with Crippen LogP contribution in [0.3, 0.4) is 0 Å². The van der Waals surface area contributed by atoms with Crippen LogP contribution >= 0.6 is 11.8 Å². The van der Waals surface area contributed by atoms with Crippen molar-refractivity contribution in [1.29, 1.82) is 0 Å². The van der Waals surface area contributed by atoms with E-state index in [2.05, 4.69) is 10.6 Å². The highest BCUT2D eigenvalue weighted by Crippen LogP contribution is 2.37. The number of nitro benzene ring substituents is 1. The zero-order valence-electron chi connectivity index (χ0n) is 19.8. The lowest BCUT2D eigenvalue weighted by Crippen LogP contribution is -2.19. The molecular weight excluding hydrogens is 490 g/mol. The van der Waals surface area contributed by atoms with Crippen LogP contribution in [-0.2, 0) is 4.79 Å². The first-order valence-electron chi connectivity index (χ1n) is 11.3. The number of nitrogens with one attached hydrogen (secondary N) is 2. The zero-order chi connectivity index (χ0) is 26.2. The van der Waals surface area contributed by atoms with Crippen LogP contribution in [0, 0.1) is 10.1 Å². The second-order valence-electron chi connectivity index (χ2n) is 7.92. The van der Waals surface area contributed by atoms with Gasteiger partial charge in [-0.05, 0) is 54.1 Å². The highest BCUT2D eigenvalue weighted by atomic mass is 32.2. The number of thioether (sulfide) groups is 1. The van der Waals surface area contributed by atoms with Crippen LogP contribution in [0.5, 0.6) is 5.75 Å². The van der Waals surface area contributed by atoms with Gasteiger partial charge in [0.05, 0.1) is 12.0 Å². The van der Waals surface area contributed by atoms with Gasteiger partial charge >= 0.3 is 0 Å². The molecule has 9 heteroatoms. The number of carbonyl (C=O) groups excluding carboxylic acids is 2. The van der Waals surface area contributed by atoms with Crippen LogP contribution in [0.2, 0.25) is 0 Å². The molecule has 8 nitrogen and oxygen atoms in total. The predicted molar refractivity (Wildman–Crippen MR) is 144 cm³/mol. The van der Waals surface area contributed by atoms with Gasteiger partial charge < -0.3 is 15.4 Å². The first-order valence-corrected chi connectivity index (χ1v) is 12.1. The molecule has 4 aromatic carbocycles. The van der Waals surface area contributed by atoms with Crippen molar-refractivity contribution >= 4 is 40.6 Å². The molecule has 0 spiro atoms. The minimum Gasteiger partial charge on any atom is -0.497 e. The van der Waals surface area contributed by atoms with Gasteiger partial charge in [-0.15, -0.1) is 11.8 Å². The molecular formula is C28H23N3O5S. The van der Waals surface area contributed by atoms with Crippen molar-refractivity contribution in [2.75, 3.05) is 17.7 Å². The SMILES string of the molecule is COc1ccc(NC(=O)C(Sc2cccc(NC(=O)c3cccc([N+](=O)[O-])c3)c2)c2ccccc2)cc1. The van der Waals surface area contributed by atoms with Crippen molar-refractivity contribution in [2.45, 2.75) is 10.1 Å². The molecule has 0 aliphatic rings. The topological polar surface area (TPSA) is 111 Å². The van der Waals surface area contributed by atoms with Gasteiger partial charge in [0.2, 0.25) is 5.91 Å². The fourth-order valence-corrected chi connectivity index (χ4v) is 4.61. The molecule has 0 saturated carbocycles. The number of methoxy groups -OCH3 is 1. The van der Waals surface area contributed by atoms with Crippen LogP contribution in [-0.4, -0.2) is 23.8 Å². The van der Waals surface area contributed by atoms with Crippen LogP contribution in [0.15, 0.2) is 108 Å². The van der Waals surface area contributed by atoms with Crippen LogP contribution < -0.4 is 15.4 Å². The highest BCUT2D eigenvalue weighted by Gasteiger charge is 2.22. The predicted octanol–water partition coefficient (Wildman–Crippen LogP) is 6.33. The van der Waals surface area contributed by atoms with Crippen LogP contribution in [0.4, 0.5) is 17.1 Å². The average molecular weight is 514 g/mol. The lowest BCUT2D eigenvalue weighted by atomic mass is 10.1. The van der Waals surface area contributed by atoms with Gasteiger partial charge in [-0.1, -0.05) is 42.5 Å². The Kier molecular flexibility index (Phi) is 8.17. The highest BCUT2D eigenvalue weighted by molar-refractivity contribution is 8.00. The molecule has 0 radical (unpaired) electrons.